The van der Waals surface area contributed by atoms with Gasteiger partial charge < -0.3 is 10.1 Å². The van der Waals surface area contributed by atoms with Gasteiger partial charge in [-0.15, -0.1) is 11.3 Å². The van der Waals surface area contributed by atoms with Crippen LogP contribution in [0.5, 0.6) is 5.75 Å². The van der Waals surface area contributed by atoms with E-state index in [1.165, 1.54) is 11.3 Å². The number of hydrogen-bond acceptors (Lipinski definition) is 4. The topological polar surface area (TPSA) is 76.9 Å². The maximum Gasteiger partial charge on any atom is 0.270 e. The van der Waals surface area contributed by atoms with E-state index in [4.69, 9.17) is 5.26 Å². The van der Waals surface area contributed by atoms with E-state index in [0.717, 1.165) is 19.4 Å². The van der Waals surface area contributed by atoms with E-state index in [0.29, 0.717) is 10.2 Å². The predicted molar refractivity (Wildman–Crippen MR) is 89.7 cm³/mol. The molecule has 2 aromatic heterocycles. The number of nitriles is 1. The molecule has 3 rings (SSSR count). The van der Waals surface area contributed by atoms with E-state index in [2.05, 4.69) is 36.8 Å². The van der Waals surface area contributed by atoms with E-state index in [9.17, 15) is 9.90 Å². The van der Waals surface area contributed by atoms with Crippen molar-refractivity contribution in [3.8, 4) is 22.9 Å². The van der Waals surface area contributed by atoms with Crippen molar-refractivity contribution in [3.63, 3.8) is 0 Å². The highest BCUT2D eigenvalue weighted by atomic mass is 79.9. The van der Waals surface area contributed by atoms with Crippen LogP contribution in [0.1, 0.15) is 5.56 Å². The van der Waals surface area contributed by atoms with Gasteiger partial charge in [-0.2, -0.15) is 5.26 Å². The number of rotatable bonds is 1. The molecule has 0 saturated heterocycles. The fraction of sp³-hybridized carbons (Fsp3) is 0. The van der Waals surface area contributed by atoms with Crippen LogP contribution in [0.15, 0.2) is 37.3 Å². The minimum atomic E-state index is -0.585. The minimum absolute atomic E-state index is 0.272. The number of aromatic amines is 1. The third kappa shape index (κ3) is 2.29. The molecule has 4 nitrogen and oxygen atoms in total. The fourth-order valence-electron chi connectivity index (χ4n) is 2.09. The Morgan fingerprint density at radius 2 is 1.90 bits per heavy atom. The molecule has 3 aromatic rings. The van der Waals surface area contributed by atoms with Crippen molar-refractivity contribution in [1.29, 1.82) is 5.26 Å². The number of fused-ring (bicyclic) bond motifs is 1. The third-order valence-electron chi connectivity index (χ3n) is 3.04. The van der Waals surface area contributed by atoms with Crippen LogP contribution in [0.25, 0.3) is 21.3 Å². The Kier molecular flexibility index (Phi) is 3.61. The van der Waals surface area contributed by atoms with Crippen molar-refractivity contribution in [3.05, 3.63) is 48.4 Å². The summed E-state index contributed by atoms with van der Waals surface area (Å²) >= 11 is 8.14. The van der Waals surface area contributed by atoms with Gasteiger partial charge in [-0.3, -0.25) is 4.79 Å². The van der Waals surface area contributed by atoms with Crippen LogP contribution in [-0.2, 0) is 0 Å². The lowest BCUT2D eigenvalue weighted by atomic mass is 10.0. The van der Waals surface area contributed by atoms with Gasteiger partial charge in [0.2, 0.25) is 0 Å². The number of thiophene rings is 1. The summed E-state index contributed by atoms with van der Waals surface area (Å²) in [5.74, 6) is -0.281. The van der Waals surface area contributed by atoms with E-state index in [-0.39, 0.29) is 11.3 Å². The van der Waals surface area contributed by atoms with Gasteiger partial charge in [-0.25, -0.2) is 0 Å². The number of aromatic hydroxyl groups is 1. The molecule has 0 spiro atoms. The molecule has 0 amide bonds. The SMILES string of the molecule is N#Cc1c(O)c2c(-c3ccc(Br)cc3)c(Br)sc2[nH]c1=O. The average molecular weight is 426 g/mol. The van der Waals surface area contributed by atoms with Crippen molar-refractivity contribution in [2.24, 2.45) is 0 Å². The van der Waals surface area contributed by atoms with Gasteiger partial charge in [0.05, 0.1) is 9.17 Å². The molecule has 0 unspecified atom stereocenters. The van der Waals surface area contributed by atoms with Gasteiger partial charge in [0.1, 0.15) is 16.6 Å². The number of hydrogen-bond donors (Lipinski definition) is 2. The van der Waals surface area contributed by atoms with Gasteiger partial charge in [0.15, 0.2) is 5.56 Å². The van der Waals surface area contributed by atoms with Crippen LogP contribution in [0.4, 0.5) is 0 Å². The summed E-state index contributed by atoms with van der Waals surface area (Å²) in [5.41, 5.74) is 0.778. The molecule has 0 aliphatic carbocycles. The molecular weight excluding hydrogens is 420 g/mol. The zero-order valence-electron chi connectivity index (χ0n) is 10.3. The van der Waals surface area contributed by atoms with Crippen LogP contribution in [0.2, 0.25) is 0 Å². The second-order valence-electron chi connectivity index (χ2n) is 4.25. The number of benzene rings is 1. The summed E-state index contributed by atoms with van der Waals surface area (Å²) < 4.78 is 1.72. The molecule has 2 N–H and O–H groups in total. The Labute approximate surface area is 139 Å². The molecule has 0 atom stereocenters. The summed E-state index contributed by atoms with van der Waals surface area (Å²) in [6, 6.07) is 9.31. The first-order valence-electron chi connectivity index (χ1n) is 5.76. The van der Waals surface area contributed by atoms with Crippen molar-refractivity contribution in [1.82, 2.24) is 4.98 Å². The van der Waals surface area contributed by atoms with Crippen molar-refractivity contribution in [2.75, 3.05) is 0 Å². The maximum atomic E-state index is 11.7. The minimum Gasteiger partial charge on any atom is -0.506 e. The number of pyridine rings is 1. The Hall–Kier alpha value is -1.62. The quantitative estimate of drug-likeness (QED) is 0.608. The number of halogens is 2. The van der Waals surface area contributed by atoms with Gasteiger partial charge in [-0.1, -0.05) is 28.1 Å². The highest BCUT2D eigenvalue weighted by molar-refractivity contribution is 9.11. The van der Waals surface area contributed by atoms with E-state index in [1.807, 2.05) is 24.3 Å². The molecule has 1 aromatic carbocycles. The average Bonchev–Trinajstić information content (AvgIpc) is 2.76. The van der Waals surface area contributed by atoms with Crippen molar-refractivity contribution in [2.45, 2.75) is 0 Å². The molecule has 0 bridgehead atoms. The Morgan fingerprint density at radius 3 is 2.52 bits per heavy atom. The van der Waals surface area contributed by atoms with E-state index < -0.39 is 5.56 Å². The van der Waals surface area contributed by atoms with E-state index in [1.54, 1.807) is 6.07 Å². The molecule has 0 aliphatic rings. The largest absolute Gasteiger partial charge is 0.506 e. The fourth-order valence-corrected chi connectivity index (χ4v) is 4.22. The second kappa shape index (κ2) is 5.30. The molecule has 104 valence electrons. The number of aromatic nitrogens is 1. The smallest absolute Gasteiger partial charge is 0.270 e. The summed E-state index contributed by atoms with van der Waals surface area (Å²) in [6.07, 6.45) is 0. The Morgan fingerprint density at radius 1 is 1.24 bits per heavy atom. The number of nitrogens with zero attached hydrogens (tertiary/aromatic N) is 1. The highest BCUT2D eigenvalue weighted by Gasteiger charge is 2.20. The molecular formula is C14H6Br2N2O2S. The summed E-state index contributed by atoms with van der Waals surface area (Å²) in [6.45, 7) is 0. The predicted octanol–water partition coefficient (Wildman–Crippen LogP) is 4.36. The second-order valence-corrected chi connectivity index (χ2v) is 7.51. The third-order valence-corrected chi connectivity index (χ3v) is 5.34. The summed E-state index contributed by atoms with van der Waals surface area (Å²) in [7, 11) is 0. The molecule has 0 saturated carbocycles. The van der Waals surface area contributed by atoms with Crippen LogP contribution < -0.4 is 5.56 Å². The highest BCUT2D eigenvalue weighted by Crippen LogP contribution is 2.45. The maximum absolute atomic E-state index is 11.7. The van der Waals surface area contributed by atoms with Gasteiger partial charge in [0, 0.05) is 10.0 Å². The zero-order chi connectivity index (χ0) is 15.1. The molecule has 0 aliphatic heterocycles. The molecule has 21 heavy (non-hydrogen) atoms. The zero-order valence-corrected chi connectivity index (χ0v) is 14.3. The van der Waals surface area contributed by atoms with Gasteiger partial charge in [0.25, 0.3) is 5.56 Å². The Bertz CT molecular complexity index is 952. The lowest BCUT2D eigenvalue weighted by Crippen LogP contribution is -2.09. The first-order chi connectivity index (χ1) is 10.0. The summed E-state index contributed by atoms with van der Waals surface area (Å²) in [4.78, 5) is 14.9. The molecule has 0 fully saturated rings. The van der Waals surface area contributed by atoms with Crippen LogP contribution >= 0.6 is 43.2 Å². The van der Waals surface area contributed by atoms with Crippen molar-refractivity contribution >= 4 is 53.4 Å². The first-order valence-corrected chi connectivity index (χ1v) is 8.16. The monoisotopic (exact) mass is 424 g/mol. The van der Waals surface area contributed by atoms with Crippen molar-refractivity contribution < 1.29 is 5.11 Å². The summed E-state index contributed by atoms with van der Waals surface area (Å²) in [5, 5.41) is 19.8. The molecule has 2 heterocycles. The van der Waals surface area contributed by atoms with Gasteiger partial charge >= 0.3 is 0 Å². The van der Waals surface area contributed by atoms with E-state index >= 15 is 0 Å². The molecule has 7 heteroatoms. The van der Waals surface area contributed by atoms with Crippen LogP contribution in [-0.4, -0.2) is 10.1 Å². The van der Waals surface area contributed by atoms with Crippen LogP contribution in [0.3, 0.4) is 0 Å². The van der Waals surface area contributed by atoms with Gasteiger partial charge in [-0.05, 0) is 33.6 Å². The normalized spacial score (nSPS) is 10.7. The lowest BCUT2D eigenvalue weighted by Gasteiger charge is -2.04. The number of nitrogens with one attached hydrogen (secondary N) is 1. The molecule has 0 radical (unpaired) electrons. The lowest BCUT2D eigenvalue weighted by molar-refractivity contribution is 0.479. The number of H-pyrrole nitrogens is 1. The Balaban J connectivity index is 2.43. The first kappa shape index (κ1) is 14.3. The van der Waals surface area contributed by atoms with Crippen LogP contribution in [0, 0.1) is 11.3 Å². The standard InChI is InChI=1S/C14H6Br2N2O2S/c15-7-3-1-6(2-4-7)9-10-11(19)8(5-17)13(20)18-14(10)21-12(9)16/h1-4H,(H2,18,19,20).